The number of likely N-dealkylation sites (tertiary alicyclic amines) is 1. The summed E-state index contributed by atoms with van der Waals surface area (Å²) in [5, 5.41) is 0. The van der Waals surface area contributed by atoms with E-state index in [9.17, 15) is 9.00 Å². The zero-order valence-electron chi connectivity index (χ0n) is 18.2. The molecular weight excluding hydrogens is 414 g/mol. The number of nitrogens with zero attached hydrogens (tertiary/aromatic N) is 3. The summed E-state index contributed by atoms with van der Waals surface area (Å²) in [6, 6.07) is 9.98. The fourth-order valence-corrected chi connectivity index (χ4v) is 4.63. The molecule has 1 aromatic heterocycles. The van der Waals surface area contributed by atoms with E-state index in [-0.39, 0.29) is 18.3 Å². The first kappa shape index (κ1) is 21.6. The van der Waals surface area contributed by atoms with Crippen LogP contribution in [0.5, 0.6) is 5.88 Å². The Morgan fingerprint density at radius 2 is 1.94 bits per heavy atom. The van der Waals surface area contributed by atoms with Crippen LogP contribution in [0, 0.1) is 0 Å². The summed E-state index contributed by atoms with van der Waals surface area (Å²) in [7, 11) is -0.975. The van der Waals surface area contributed by atoms with E-state index >= 15 is 0 Å². The highest BCUT2D eigenvalue weighted by molar-refractivity contribution is 7.84. The van der Waals surface area contributed by atoms with Crippen molar-refractivity contribution in [1.82, 2.24) is 9.88 Å². The van der Waals surface area contributed by atoms with Gasteiger partial charge in [-0.25, -0.2) is 9.78 Å². The van der Waals surface area contributed by atoms with Crippen LogP contribution in [0.25, 0.3) is 0 Å². The number of anilines is 2. The SMILES string of the molecule is CC(C)OC(=O)N1CCC(Oc2cc(N3CCc4cc(S(C)=O)ccc43)ccn2)CC1. The molecule has 1 amide bonds. The lowest BCUT2D eigenvalue weighted by atomic mass is 10.1. The van der Waals surface area contributed by atoms with Gasteiger partial charge in [-0.3, -0.25) is 4.21 Å². The third-order valence-corrected chi connectivity index (χ3v) is 6.55. The van der Waals surface area contributed by atoms with Crippen molar-refractivity contribution >= 4 is 28.3 Å². The fourth-order valence-electron chi connectivity index (χ4n) is 4.06. The minimum atomic E-state index is -0.975. The number of aromatic nitrogens is 1. The van der Waals surface area contributed by atoms with Gasteiger partial charge in [0.05, 0.1) is 6.10 Å². The predicted octanol–water partition coefficient (Wildman–Crippen LogP) is 3.90. The summed E-state index contributed by atoms with van der Waals surface area (Å²) >= 11 is 0. The Kier molecular flexibility index (Phi) is 6.46. The molecule has 2 aliphatic heterocycles. The average Bonchev–Trinajstić information content (AvgIpc) is 3.17. The van der Waals surface area contributed by atoms with Crippen LogP contribution in [0.2, 0.25) is 0 Å². The van der Waals surface area contributed by atoms with Crippen LogP contribution in [0.1, 0.15) is 32.3 Å². The number of hydrogen-bond donors (Lipinski definition) is 0. The molecule has 2 aliphatic rings. The number of carbonyl (C=O) groups excluding carboxylic acids is 1. The summed E-state index contributed by atoms with van der Waals surface area (Å²) in [6.45, 7) is 5.83. The minimum Gasteiger partial charge on any atom is -0.474 e. The molecule has 166 valence electrons. The fraction of sp³-hybridized carbons (Fsp3) is 0.478. The molecule has 0 aliphatic carbocycles. The molecule has 1 unspecified atom stereocenters. The van der Waals surface area contributed by atoms with Crippen molar-refractivity contribution < 1.29 is 18.5 Å². The van der Waals surface area contributed by atoms with E-state index in [1.807, 2.05) is 44.2 Å². The molecule has 0 spiro atoms. The molecule has 1 fully saturated rings. The molecule has 4 rings (SSSR count). The van der Waals surface area contributed by atoms with Crippen molar-refractivity contribution in [3.8, 4) is 5.88 Å². The molecule has 1 saturated heterocycles. The Labute approximate surface area is 185 Å². The molecule has 1 atom stereocenters. The maximum atomic E-state index is 12.1. The molecular formula is C23H29N3O4S. The highest BCUT2D eigenvalue weighted by Gasteiger charge is 2.26. The third kappa shape index (κ3) is 5.01. The smallest absolute Gasteiger partial charge is 0.410 e. The minimum absolute atomic E-state index is 0.0267. The number of ether oxygens (including phenoxy) is 2. The number of pyridine rings is 1. The molecule has 3 heterocycles. The van der Waals surface area contributed by atoms with Crippen molar-refractivity contribution in [2.24, 2.45) is 0 Å². The second kappa shape index (κ2) is 9.26. The van der Waals surface area contributed by atoms with Crippen LogP contribution in [0.15, 0.2) is 41.4 Å². The highest BCUT2D eigenvalue weighted by atomic mass is 32.2. The number of carbonyl (C=O) groups is 1. The van der Waals surface area contributed by atoms with E-state index in [0.29, 0.717) is 19.0 Å². The van der Waals surface area contributed by atoms with Gasteiger partial charge in [-0.05, 0) is 50.1 Å². The van der Waals surface area contributed by atoms with Crippen molar-refractivity contribution in [2.45, 2.75) is 50.2 Å². The summed E-state index contributed by atoms with van der Waals surface area (Å²) in [5.74, 6) is 0.598. The van der Waals surface area contributed by atoms with Crippen molar-refractivity contribution in [2.75, 3.05) is 30.8 Å². The average molecular weight is 444 g/mol. The topological polar surface area (TPSA) is 72.0 Å². The maximum absolute atomic E-state index is 12.1. The van der Waals surface area contributed by atoms with E-state index in [0.717, 1.165) is 42.1 Å². The lowest BCUT2D eigenvalue weighted by molar-refractivity contribution is 0.0507. The van der Waals surface area contributed by atoms with Crippen molar-refractivity contribution in [1.29, 1.82) is 0 Å². The van der Waals surface area contributed by atoms with Crippen molar-refractivity contribution in [3.05, 3.63) is 42.1 Å². The number of benzene rings is 1. The van der Waals surface area contributed by atoms with Gasteiger partial charge in [-0.1, -0.05) is 0 Å². The molecule has 0 bridgehead atoms. The molecule has 31 heavy (non-hydrogen) atoms. The lowest BCUT2D eigenvalue weighted by Gasteiger charge is -2.31. The predicted molar refractivity (Wildman–Crippen MR) is 121 cm³/mol. The van der Waals surface area contributed by atoms with Crippen LogP contribution in [0.3, 0.4) is 0 Å². The Morgan fingerprint density at radius 1 is 1.16 bits per heavy atom. The summed E-state index contributed by atoms with van der Waals surface area (Å²) in [4.78, 5) is 21.3. The van der Waals surface area contributed by atoms with Gasteiger partial charge in [-0.2, -0.15) is 0 Å². The lowest BCUT2D eigenvalue weighted by Crippen LogP contribution is -2.42. The number of fused-ring (bicyclic) bond motifs is 1. The van der Waals surface area contributed by atoms with Crippen LogP contribution in [-0.2, 0) is 22.0 Å². The Bertz CT molecular complexity index is 973. The molecule has 0 radical (unpaired) electrons. The number of hydrogen-bond acceptors (Lipinski definition) is 6. The first-order valence-corrected chi connectivity index (χ1v) is 12.3. The van der Waals surface area contributed by atoms with Crippen LogP contribution >= 0.6 is 0 Å². The Morgan fingerprint density at radius 3 is 2.65 bits per heavy atom. The molecule has 1 aromatic carbocycles. The summed E-state index contributed by atoms with van der Waals surface area (Å²) in [6.07, 6.45) is 5.57. The van der Waals surface area contributed by atoms with Gasteiger partial charge in [0, 0.05) is 78.1 Å². The Balaban J connectivity index is 1.39. The molecule has 8 heteroatoms. The maximum Gasteiger partial charge on any atom is 0.410 e. The van der Waals surface area contributed by atoms with Gasteiger partial charge < -0.3 is 19.3 Å². The molecule has 0 saturated carbocycles. The van der Waals surface area contributed by atoms with Crippen LogP contribution in [-0.4, -0.2) is 58.3 Å². The summed E-state index contributed by atoms with van der Waals surface area (Å²) < 4.78 is 23.2. The van der Waals surface area contributed by atoms with Gasteiger partial charge in [0.2, 0.25) is 5.88 Å². The van der Waals surface area contributed by atoms with E-state index in [1.54, 1.807) is 17.4 Å². The zero-order valence-corrected chi connectivity index (χ0v) is 19.1. The third-order valence-electron chi connectivity index (χ3n) is 5.63. The standard InChI is InChI=1S/C23H29N3O4S/c1-16(2)29-23(27)25-11-8-19(9-12-25)30-22-15-18(6-10-24-22)26-13-7-17-14-20(31(3)28)4-5-21(17)26/h4-6,10,14-16,19H,7-9,11-13H2,1-3H3. The number of piperidine rings is 1. The van der Waals surface area contributed by atoms with Gasteiger partial charge in [-0.15, -0.1) is 0 Å². The van der Waals surface area contributed by atoms with Crippen LogP contribution in [0.4, 0.5) is 16.2 Å². The highest BCUT2D eigenvalue weighted by Crippen LogP contribution is 2.36. The summed E-state index contributed by atoms with van der Waals surface area (Å²) in [5.41, 5.74) is 3.39. The number of rotatable bonds is 5. The second-order valence-electron chi connectivity index (χ2n) is 8.24. The first-order valence-electron chi connectivity index (χ1n) is 10.7. The van der Waals surface area contributed by atoms with Gasteiger partial charge in [0.1, 0.15) is 6.10 Å². The van der Waals surface area contributed by atoms with Gasteiger partial charge in [0.15, 0.2) is 0 Å². The molecule has 7 nitrogen and oxygen atoms in total. The van der Waals surface area contributed by atoms with E-state index in [2.05, 4.69) is 9.88 Å². The number of amides is 1. The van der Waals surface area contributed by atoms with Crippen LogP contribution < -0.4 is 9.64 Å². The van der Waals surface area contributed by atoms with E-state index in [1.165, 1.54) is 5.56 Å². The van der Waals surface area contributed by atoms with E-state index < -0.39 is 10.8 Å². The Hall–Kier alpha value is -2.61. The van der Waals surface area contributed by atoms with Gasteiger partial charge in [0.25, 0.3) is 0 Å². The normalized spacial score (nSPS) is 17.5. The van der Waals surface area contributed by atoms with E-state index in [4.69, 9.17) is 9.47 Å². The quantitative estimate of drug-likeness (QED) is 0.698. The van der Waals surface area contributed by atoms with Gasteiger partial charge >= 0.3 is 6.09 Å². The molecule has 2 aromatic rings. The largest absolute Gasteiger partial charge is 0.474 e. The first-order chi connectivity index (χ1) is 14.9. The monoisotopic (exact) mass is 443 g/mol. The second-order valence-corrected chi connectivity index (χ2v) is 9.61. The van der Waals surface area contributed by atoms with Crippen molar-refractivity contribution in [3.63, 3.8) is 0 Å². The molecule has 0 N–H and O–H groups in total. The zero-order chi connectivity index (χ0) is 22.0.